The van der Waals surface area contributed by atoms with E-state index in [1.165, 1.54) is 0 Å². The summed E-state index contributed by atoms with van der Waals surface area (Å²) in [6.07, 6.45) is 0.588. The van der Waals surface area contributed by atoms with Crippen LogP contribution in [-0.4, -0.2) is 11.9 Å². The molecule has 0 aliphatic heterocycles. The number of carbonyl (C=O) groups excluding carboxylic acids is 1. The van der Waals surface area contributed by atoms with Crippen molar-refractivity contribution in [3.05, 3.63) is 66.2 Å². The first-order valence-electron chi connectivity index (χ1n) is 5.90. The van der Waals surface area contributed by atoms with E-state index >= 15 is 0 Å². The van der Waals surface area contributed by atoms with Gasteiger partial charge in [-0.3, -0.25) is 4.79 Å². The van der Waals surface area contributed by atoms with Gasteiger partial charge in [0.2, 0.25) is 5.91 Å². The monoisotopic (exact) mass is 240 g/mol. The highest BCUT2D eigenvalue weighted by molar-refractivity contribution is 5.83. The van der Waals surface area contributed by atoms with E-state index in [1.54, 1.807) is 0 Å². The minimum atomic E-state index is -0.394. The first-order chi connectivity index (χ1) is 8.75. The molecule has 0 bridgehead atoms. The van der Waals surface area contributed by atoms with Crippen molar-refractivity contribution in [2.75, 3.05) is 5.32 Å². The van der Waals surface area contributed by atoms with Crippen LogP contribution in [0.15, 0.2) is 60.7 Å². The molecule has 0 heterocycles. The number of benzene rings is 2. The average molecular weight is 240 g/mol. The zero-order valence-electron chi connectivity index (χ0n) is 10.0. The Morgan fingerprint density at radius 3 is 2.11 bits per heavy atom. The highest BCUT2D eigenvalue weighted by atomic mass is 16.1. The van der Waals surface area contributed by atoms with Crippen molar-refractivity contribution >= 4 is 11.6 Å². The van der Waals surface area contributed by atoms with Crippen molar-refractivity contribution in [1.29, 1.82) is 0 Å². The topological polar surface area (TPSA) is 55.1 Å². The van der Waals surface area contributed by atoms with E-state index in [9.17, 15) is 4.79 Å². The highest BCUT2D eigenvalue weighted by Crippen LogP contribution is 2.10. The van der Waals surface area contributed by atoms with Gasteiger partial charge in [0, 0.05) is 12.1 Å². The van der Waals surface area contributed by atoms with E-state index in [0.29, 0.717) is 6.42 Å². The van der Waals surface area contributed by atoms with E-state index in [0.717, 1.165) is 11.3 Å². The first-order valence-corrected chi connectivity index (χ1v) is 5.90. The van der Waals surface area contributed by atoms with Gasteiger partial charge in [-0.2, -0.15) is 0 Å². The number of hydrogen-bond donors (Lipinski definition) is 2. The first kappa shape index (κ1) is 12.2. The number of anilines is 1. The van der Waals surface area contributed by atoms with Crippen LogP contribution < -0.4 is 11.1 Å². The van der Waals surface area contributed by atoms with Crippen molar-refractivity contribution in [2.45, 2.75) is 12.5 Å². The van der Waals surface area contributed by atoms with Crippen molar-refractivity contribution in [1.82, 2.24) is 0 Å². The van der Waals surface area contributed by atoms with Crippen LogP contribution in [0.2, 0.25) is 0 Å². The lowest BCUT2D eigenvalue weighted by Crippen LogP contribution is -2.37. The molecule has 0 aliphatic rings. The quantitative estimate of drug-likeness (QED) is 0.841. The lowest BCUT2D eigenvalue weighted by molar-refractivity contribution is -0.118. The molecule has 0 fully saturated rings. The molecule has 0 spiro atoms. The average Bonchev–Trinajstić information content (AvgIpc) is 2.40. The Labute approximate surface area is 107 Å². The number of carbonyl (C=O) groups is 1. The minimum absolute atomic E-state index is 0.345. The maximum atomic E-state index is 11.5. The van der Waals surface area contributed by atoms with E-state index < -0.39 is 6.04 Å². The standard InChI is InChI=1S/C15H16N2O/c16-15(18)14(11-12-7-3-1-4-8-12)17-13-9-5-2-6-10-13/h1-10,14,17H,11H2,(H2,16,18). The van der Waals surface area contributed by atoms with Crippen LogP contribution in [0.5, 0.6) is 0 Å². The molecule has 0 radical (unpaired) electrons. The number of para-hydroxylation sites is 1. The molecule has 3 N–H and O–H groups in total. The smallest absolute Gasteiger partial charge is 0.240 e. The van der Waals surface area contributed by atoms with E-state index in [4.69, 9.17) is 5.73 Å². The molecule has 3 heteroatoms. The van der Waals surface area contributed by atoms with Gasteiger partial charge in [-0.25, -0.2) is 0 Å². The van der Waals surface area contributed by atoms with Crippen molar-refractivity contribution < 1.29 is 4.79 Å². The summed E-state index contributed by atoms with van der Waals surface area (Å²) in [4.78, 5) is 11.5. The summed E-state index contributed by atoms with van der Waals surface area (Å²) in [6.45, 7) is 0. The molecular weight excluding hydrogens is 224 g/mol. The number of rotatable bonds is 5. The zero-order valence-corrected chi connectivity index (χ0v) is 10.0. The molecule has 18 heavy (non-hydrogen) atoms. The summed E-state index contributed by atoms with van der Waals surface area (Å²) in [5, 5.41) is 3.15. The Morgan fingerprint density at radius 1 is 1.00 bits per heavy atom. The lowest BCUT2D eigenvalue weighted by atomic mass is 10.1. The van der Waals surface area contributed by atoms with Crippen LogP contribution in [0.25, 0.3) is 0 Å². The van der Waals surface area contributed by atoms with Crippen LogP contribution in [0.1, 0.15) is 5.56 Å². The fourth-order valence-electron chi connectivity index (χ4n) is 1.81. The lowest BCUT2D eigenvalue weighted by Gasteiger charge is -2.16. The number of nitrogens with one attached hydrogen (secondary N) is 1. The van der Waals surface area contributed by atoms with Gasteiger partial charge in [-0.15, -0.1) is 0 Å². The minimum Gasteiger partial charge on any atom is -0.373 e. The maximum Gasteiger partial charge on any atom is 0.240 e. The van der Waals surface area contributed by atoms with Crippen LogP contribution >= 0.6 is 0 Å². The third-order valence-electron chi connectivity index (χ3n) is 2.74. The molecule has 0 saturated heterocycles. The molecule has 1 amide bonds. The summed E-state index contributed by atoms with van der Waals surface area (Å²) in [5.41, 5.74) is 7.42. The number of amides is 1. The SMILES string of the molecule is NC(=O)C(Cc1ccccc1)Nc1ccccc1. The molecular formula is C15H16N2O. The zero-order chi connectivity index (χ0) is 12.8. The summed E-state index contributed by atoms with van der Waals surface area (Å²) >= 11 is 0. The Bertz CT molecular complexity index is 455. The van der Waals surface area contributed by atoms with Crippen molar-refractivity contribution in [3.8, 4) is 0 Å². The Morgan fingerprint density at radius 2 is 1.56 bits per heavy atom. The van der Waals surface area contributed by atoms with Gasteiger partial charge < -0.3 is 11.1 Å². The van der Waals surface area contributed by atoms with Crippen molar-refractivity contribution in [3.63, 3.8) is 0 Å². The summed E-state index contributed by atoms with van der Waals surface area (Å²) in [6, 6.07) is 19.1. The summed E-state index contributed by atoms with van der Waals surface area (Å²) < 4.78 is 0. The number of nitrogens with two attached hydrogens (primary N) is 1. The van der Waals surface area contributed by atoms with Crippen LogP contribution in [-0.2, 0) is 11.2 Å². The van der Waals surface area contributed by atoms with Gasteiger partial charge in [0.25, 0.3) is 0 Å². The predicted molar refractivity (Wildman–Crippen MR) is 73.2 cm³/mol. The fraction of sp³-hybridized carbons (Fsp3) is 0.133. The third kappa shape index (κ3) is 3.35. The van der Waals surface area contributed by atoms with E-state index in [2.05, 4.69) is 5.32 Å². The van der Waals surface area contributed by atoms with E-state index in [-0.39, 0.29) is 5.91 Å². The molecule has 2 aromatic carbocycles. The summed E-state index contributed by atoms with van der Waals surface area (Å²) in [7, 11) is 0. The molecule has 92 valence electrons. The number of hydrogen-bond acceptors (Lipinski definition) is 2. The van der Waals surface area contributed by atoms with Gasteiger partial charge >= 0.3 is 0 Å². The summed E-state index contributed by atoms with van der Waals surface area (Å²) in [5.74, 6) is -0.345. The molecule has 0 saturated carbocycles. The second-order valence-electron chi connectivity index (χ2n) is 4.16. The Balaban J connectivity index is 2.08. The second-order valence-corrected chi connectivity index (χ2v) is 4.16. The third-order valence-corrected chi connectivity index (χ3v) is 2.74. The van der Waals surface area contributed by atoms with Gasteiger partial charge in [0.05, 0.1) is 0 Å². The normalized spacial score (nSPS) is 11.8. The van der Waals surface area contributed by atoms with Crippen molar-refractivity contribution in [2.24, 2.45) is 5.73 Å². The molecule has 0 aliphatic carbocycles. The van der Waals surface area contributed by atoms with Gasteiger partial charge in [-0.1, -0.05) is 48.5 Å². The second kappa shape index (κ2) is 5.87. The molecule has 1 unspecified atom stereocenters. The molecule has 0 aromatic heterocycles. The fourth-order valence-corrected chi connectivity index (χ4v) is 1.81. The van der Waals surface area contributed by atoms with Crippen LogP contribution in [0.3, 0.4) is 0 Å². The number of primary amides is 1. The van der Waals surface area contributed by atoms with Gasteiger partial charge in [0.15, 0.2) is 0 Å². The Kier molecular flexibility index (Phi) is 3.97. The molecule has 2 rings (SSSR count). The highest BCUT2D eigenvalue weighted by Gasteiger charge is 2.15. The Hall–Kier alpha value is -2.29. The molecule has 1 atom stereocenters. The van der Waals surface area contributed by atoms with Gasteiger partial charge in [0.1, 0.15) is 6.04 Å². The molecule has 2 aromatic rings. The largest absolute Gasteiger partial charge is 0.373 e. The maximum absolute atomic E-state index is 11.5. The van der Waals surface area contributed by atoms with Gasteiger partial charge in [-0.05, 0) is 17.7 Å². The van der Waals surface area contributed by atoms with Crippen LogP contribution in [0.4, 0.5) is 5.69 Å². The molecule has 3 nitrogen and oxygen atoms in total. The predicted octanol–water partition coefficient (Wildman–Crippen LogP) is 2.20. The van der Waals surface area contributed by atoms with Crippen LogP contribution in [0, 0.1) is 0 Å². The van der Waals surface area contributed by atoms with E-state index in [1.807, 2.05) is 60.7 Å².